The third-order valence-corrected chi connectivity index (χ3v) is 3.09. The van der Waals surface area contributed by atoms with Crippen LogP contribution in [-0.4, -0.2) is 61.9 Å². The summed E-state index contributed by atoms with van der Waals surface area (Å²) in [5.74, 6) is 0.282. The predicted molar refractivity (Wildman–Crippen MR) is 65.7 cm³/mol. The van der Waals surface area contributed by atoms with Gasteiger partial charge in [-0.05, 0) is 12.8 Å². The molecule has 0 aromatic rings. The van der Waals surface area contributed by atoms with Gasteiger partial charge >= 0.3 is 0 Å². The predicted octanol–water partition coefficient (Wildman–Crippen LogP) is -0.158. The number of likely N-dealkylation sites (tertiary alicyclic amines) is 1. The number of hydrogen-bond acceptors (Lipinski definition) is 4. The van der Waals surface area contributed by atoms with E-state index in [1.54, 1.807) is 12.0 Å². The Morgan fingerprint density at radius 3 is 3.12 bits per heavy atom. The van der Waals surface area contributed by atoms with Gasteiger partial charge in [-0.25, -0.2) is 0 Å². The first-order valence-corrected chi connectivity index (χ1v) is 6.31. The SMILES string of the molecule is COCCNCC(O)CN1CCCC(C)C1=O. The molecule has 2 N–H and O–H groups in total. The van der Waals surface area contributed by atoms with Crippen molar-refractivity contribution in [2.24, 2.45) is 5.92 Å². The number of hydrogen-bond donors (Lipinski definition) is 2. The number of nitrogens with zero attached hydrogens (tertiary/aromatic N) is 1. The topological polar surface area (TPSA) is 61.8 Å². The Labute approximate surface area is 103 Å². The molecule has 100 valence electrons. The number of ether oxygens (including phenoxy) is 1. The van der Waals surface area contributed by atoms with E-state index in [4.69, 9.17) is 4.74 Å². The fraction of sp³-hybridized carbons (Fsp3) is 0.917. The number of rotatable bonds is 7. The highest BCUT2D eigenvalue weighted by atomic mass is 16.5. The Bertz CT molecular complexity index is 236. The zero-order valence-electron chi connectivity index (χ0n) is 10.8. The van der Waals surface area contributed by atoms with Crippen molar-refractivity contribution < 1.29 is 14.6 Å². The number of aliphatic hydroxyl groups excluding tert-OH is 1. The molecule has 0 aliphatic carbocycles. The maximum atomic E-state index is 11.8. The highest BCUT2D eigenvalue weighted by Gasteiger charge is 2.26. The monoisotopic (exact) mass is 244 g/mol. The molecular formula is C12H24N2O3. The van der Waals surface area contributed by atoms with E-state index >= 15 is 0 Å². The largest absolute Gasteiger partial charge is 0.390 e. The van der Waals surface area contributed by atoms with Crippen molar-refractivity contribution in [2.45, 2.75) is 25.9 Å². The summed E-state index contributed by atoms with van der Waals surface area (Å²) in [7, 11) is 1.64. The van der Waals surface area contributed by atoms with E-state index in [0.29, 0.717) is 19.7 Å². The normalized spacial score (nSPS) is 22.9. The Hall–Kier alpha value is -0.650. The van der Waals surface area contributed by atoms with Gasteiger partial charge in [-0.1, -0.05) is 6.92 Å². The number of piperidine rings is 1. The van der Waals surface area contributed by atoms with Crippen LogP contribution in [0.2, 0.25) is 0 Å². The molecule has 1 amide bonds. The molecule has 0 aromatic heterocycles. The number of carbonyl (C=O) groups excluding carboxylic acids is 1. The van der Waals surface area contributed by atoms with Gasteiger partial charge in [0.25, 0.3) is 0 Å². The third-order valence-electron chi connectivity index (χ3n) is 3.09. The lowest BCUT2D eigenvalue weighted by molar-refractivity contribution is -0.139. The molecule has 1 fully saturated rings. The van der Waals surface area contributed by atoms with Crippen molar-refractivity contribution in [1.82, 2.24) is 10.2 Å². The van der Waals surface area contributed by atoms with E-state index in [0.717, 1.165) is 25.9 Å². The summed E-state index contributed by atoms with van der Waals surface area (Å²) in [6.07, 6.45) is 1.51. The van der Waals surface area contributed by atoms with Gasteiger partial charge < -0.3 is 20.1 Å². The zero-order valence-corrected chi connectivity index (χ0v) is 10.8. The Balaban J connectivity index is 2.20. The lowest BCUT2D eigenvalue weighted by Gasteiger charge is -2.32. The number of amides is 1. The molecule has 2 atom stereocenters. The summed E-state index contributed by atoms with van der Waals surface area (Å²) in [5.41, 5.74) is 0. The van der Waals surface area contributed by atoms with Crippen molar-refractivity contribution in [2.75, 3.05) is 39.9 Å². The van der Waals surface area contributed by atoms with Crippen molar-refractivity contribution in [3.8, 4) is 0 Å². The molecule has 5 nitrogen and oxygen atoms in total. The van der Waals surface area contributed by atoms with Crippen LogP contribution in [0.25, 0.3) is 0 Å². The molecule has 1 saturated heterocycles. The van der Waals surface area contributed by atoms with Gasteiger partial charge in [0.2, 0.25) is 5.91 Å². The number of methoxy groups -OCH3 is 1. The molecule has 17 heavy (non-hydrogen) atoms. The van der Waals surface area contributed by atoms with Crippen molar-refractivity contribution in [3.63, 3.8) is 0 Å². The molecule has 1 rings (SSSR count). The average Bonchev–Trinajstić information content (AvgIpc) is 2.31. The van der Waals surface area contributed by atoms with Gasteiger partial charge in [-0.3, -0.25) is 4.79 Å². The summed E-state index contributed by atoms with van der Waals surface area (Å²) in [6, 6.07) is 0. The highest BCUT2D eigenvalue weighted by molar-refractivity contribution is 5.79. The summed E-state index contributed by atoms with van der Waals surface area (Å²) < 4.78 is 4.90. The van der Waals surface area contributed by atoms with Crippen LogP contribution >= 0.6 is 0 Å². The highest BCUT2D eigenvalue weighted by Crippen LogP contribution is 2.17. The molecule has 0 radical (unpaired) electrons. The molecule has 2 unspecified atom stereocenters. The fourth-order valence-electron chi connectivity index (χ4n) is 2.08. The Morgan fingerprint density at radius 1 is 1.65 bits per heavy atom. The zero-order chi connectivity index (χ0) is 12.7. The lowest BCUT2D eigenvalue weighted by Crippen LogP contribution is -2.46. The first-order chi connectivity index (χ1) is 8.15. The Kier molecular flexibility index (Phi) is 6.47. The molecule has 1 aliphatic rings. The first-order valence-electron chi connectivity index (χ1n) is 6.31. The number of nitrogens with one attached hydrogen (secondary N) is 1. The first kappa shape index (κ1) is 14.4. The van der Waals surface area contributed by atoms with Crippen LogP contribution in [-0.2, 0) is 9.53 Å². The fourth-order valence-corrected chi connectivity index (χ4v) is 2.08. The lowest BCUT2D eigenvalue weighted by atomic mass is 9.99. The standard InChI is InChI=1S/C12H24N2O3/c1-10-4-3-6-14(12(10)16)9-11(15)8-13-5-7-17-2/h10-11,13,15H,3-9H2,1-2H3. The van der Waals surface area contributed by atoms with Crippen LogP contribution < -0.4 is 5.32 Å². The molecule has 5 heteroatoms. The second-order valence-corrected chi connectivity index (χ2v) is 4.68. The molecule has 0 aromatic carbocycles. The van der Waals surface area contributed by atoms with Crippen LogP contribution in [0.15, 0.2) is 0 Å². The smallest absolute Gasteiger partial charge is 0.225 e. The van der Waals surface area contributed by atoms with Crippen molar-refractivity contribution in [1.29, 1.82) is 0 Å². The summed E-state index contributed by atoms with van der Waals surface area (Å²) in [5, 5.41) is 12.9. The summed E-state index contributed by atoms with van der Waals surface area (Å²) >= 11 is 0. The molecule has 1 heterocycles. The number of β-amino-alcohol motifs (C(OH)–C–C–N with tert-alkyl or cyclic N) is 1. The Morgan fingerprint density at radius 2 is 2.41 bits per heavy atom. The van der Waals surface area contributed by atoms with Crippen LogP contribution in [0.5, 0.6) is 0 Å². The van der Waals surface area contributed by atoms with E-state index in [-0.39, 0.29) is 11.8 Å². The van der Waals surface area contributed by atoms with Crippen LogP contribution in [0.3, 0.4) is 0 Å². The van der Waals surface area contributed by atoms with E-state index in [2.05, 4.69) is 5.32 Å². The van der Waals surface area contributed by atoms with E-state index in [9.17, 15) is 9.90 Å². The van der Waals surface area contributed by atoms with Gasteiger partial charge in [0.15, 0.2) is 0 Å². The second kappa shape index (κ2) is 7.63. The minimum atomic E-state index is -0.499. The van der Waals surface area contributed by atoms with Gasteiger partial charge in [-0.15, -0.1) is 0 Å². The van der Waals surface area contributed by atoms with E-state index in [1.165, 1.54) is 0 Å². The molecular weight excluding hydrogens is 220 g/mol. The molecule has 0 saturated carbocycles. The van der Waals surface area contributed by atoms with Gasteiger partial charge in [-0.2, -0.15) is 0 Å². The van der Waals surface area contributed by atoms with Crippen LogP contribution in [0.1, 0.15) is 19.8 Å². The quantitative estimate of drug-likeness (QED) is 0.611. The van der Waals surface area contributed by atoms with E-state index in [1.807, 2.05) is 6.92 Å². The minimum Gasteiger partial charge on any atom is -0.390 e. The van der Waals surface area contributed by atoms with E-state index < -0.39 is 6.10 Å². The van der Waals surface area contributed by atoms with Crippen molar-refractivity contribution in [3.05, 3.63) is 0 Å². The van der Waals surface area contributed by atoms with Gasteiger partial charge in [0.1, 0.15) is 0 Å². The van der Waals surface area contributed by atoms with Crippen molar-refractivity contribution >= 4 is 5.91 Å². The van der Waals surface area contributed by atoms with Gasteiger partial charge in [0.05, 0.1) is 12.7 Å². The third kappa shape index (κ3) is 5.02. The molecule has 0 spiro atoms. The average molecular weight is 244 g/mol. The second-order valence-electron chi connectivity index (χ2n) is 4.68. The van der Waals surface area contributed by atoms with Gasteiger partial charge in [0, 0.05) is 39.2 Å². The molecule has 1 aliphatic heterocycles. The maximum Gasteiger partial charge on any atom is 0.225 e. The van der Waals surface area contributed by atoms with Crippen LogP contribution in [0, 0.1) is 5.92 Å². The number of carbonyl (C=O) groups is 1. The minimum absolute atomic E-state index is 0.109. The molecule has 0 bridgehead atoms. The summed E-state index contributed by atoms with van der Waals surface area (Å²) in [6.45, 7) is 5.02. The summed E-state index contributed by atoms with van der Waals surface area (Å²) in [4.78, 5) is 13.6. The number of aliphatic hydroxyl groups is 1. The maximum absolute atomic E-state index is 11.8. The van der Waals surface area contributed by atoms with Crippen LogP contribution in [0.4, 0.5) is 0 Å².